The first-order valence-electron chi connectivity index (χ1n) is 7.44. The minimum Gasteiger partial charge on any atom is -0.490 e. The lowest BCUT2D eigenvalue weighted by molar-refractivity contribution is 0.303. The summed E-state index contributed by atoms with van der Waals surface area (Å²) in [5.41, 5.74) is 8.88. The summed E-state index contributed by atoms with van der Waals surface area (Å²) in [6, 6.07) is 8.19. The Morgan fingerprint density at radius 3 is 2.76 bits per heavy atom. The van der Waals surface area contributed by atoms with Crippen LogP contribution >= 0.6 is 0 Å². The summed E-state index contributed by atoms with van der Waals surface area (Å²) in [7, 11) is 2.07. The SMILES string of the molecule is CN(CCN)Cc1c[nH]nc1-c1ccc(OC2CC2)cc1. The van der Waals surface area contributed by atoms with E-state index < -0.39 is 0 Å². The van der Waals surface area contributed by atoms with Crippen LogP contribution in [0.4, 0.5) is 0 Å². The van der Waals surface area contributed by atoms with Crippen molar-refractivity contribution in [3.05, 3.63) is 36.0 Å². The summed E-state index contributed by atoms with van der Waals surface area (Å²) < 4.78 is 5.77. The van der Waals surface area contributed by atoms with E-state index in [0.29, 0.717) is 12.6 Å². The second-order valence-electron chi connectivity index (χ2n) is 5.63. The van der Waals surface area contributed by atoms with Crippen LogP contribution in [-0.2, 0) is 6.54 Å². The van der Waals surface area contributed by atoms with Crippen molar-refractivity contribution in [1.29, 1.82) is 0 Å². The van der Waals surface area contributed by atoms with Gasteiger partial charge < -0.3 is 15.4 Å². The minimum absolute atomic E-state index is 0.432. The first kappa shape index (κ1) is 14.1. The van der Waals surface area contributed by atoms with E-state index in [4.69, 9.17) is 10.5 Å². The van der Waals surface area contributed by atoms with E-state index in [0.717, 1.165) is 30.1 Å². The molecule has 0 spiro atoms. The molecule has 21 heavy (non-hydrogen) atoms. The molecule has 0 radical (unpaired) electrons. The van der Waals surface area contributed by atoms with Crippen LogP contribution in [0.5, 0.6) is 5.75 Å². The number of nitrogens with one attached hydrogen (secondary N) is 1. The van der Waals surface area contributed by atoms with Gasteiger partial charge in [-0.15, -0.1) is 0 Å². The van der Waals surface area contributed by atoms with Crippen molar-refractivity contribution < 1.29 is 4.74 Å². The van der Waals surface area contributed by atoms with Crippen molar-refractivity contribution in [2.75, 3.05) is 20.1 Å². The van der Waals surface area contributed by atoms with Gasteiger partial charge in [0, 0.05) is 37.0 Å². The molecule has 1 aromatic heterocycles. The van der Waals surface area contributed by atoms with Crippen molar-refractivity contribution in [3.63, 3.8) is 0 Å². The molecule has 3 N–H and O–H groups in total. The number of nitrogens with zero attached hydrogens (tertiary/aromatic N) is 2. The Morgan fingerprint density at radius 1 is 1.33 bits per heavy atom. The van der Waals surface area contributed by atoms with Crippen LogP contribution in [0.25, 0.3) is 11.3 Å². The molecule has 5 heteroatoms. The van der Waals surface area contributed by atoms with Gasteiger partial charge in [0.1, 0.15) is 5.75 Å². The molecular weight excluding hydrogens is 264 g/mol. The summed E-state index contributed by atoms with van der Waals surface area (Å²) in [6.07, 6.45) is 4.75. The number of H-pyrrole nitrogens is 1. The molecule has 1 saturated carbocycles. The van der Waals surface area contributed by atoms with Crippen LogP contribution in [0.1, 0.15) is 18.4 Å². The highest BCUT2D eigenvalue weighted by Crippen LogP contribution is 2.29. The summed E-state index contributed by atoms with van der Waals surface area (Å²) in [4.78, 5) is 2.19. The number of aromatic amines is 1. The van der Waals surface area contributed by atoms with E-state index in [9.17, 15) is 0 Å². The highest BCUT2D eigenvalue weighted by atomic mass is 16.5. The standard InChI is InChI=1S/C16H22N4O/c1-20(9-8-17)11-13-10-18-19-16(13)12-2-4-14(5-3-12)21-15-6-7-15/h2-5,10,15H,6-9,11,17H2,1H3,(H,18,19). The molecule has 1 fully saturated rings. The number of nitrogens with two attached hydrogens (primary N) is 1. The lowest BCUT2D eigenvalue weighted by Crippen LogP contribution is -2.25. The van der Waals surface area contributed by atoms with Gasteiger partial charge in [-0.1, -0.05) is 0 Å². The van der Waals surface area contributed by atoms with Crippen LogP contribution in [0, 0.1) is 0 Å². The van der Waals surface area contributed by atoms with Crippen LogP contribution in [0.3, 0.4) is 0 Å². The Bertz CT molecular complexity index is 574. The minimum atomic E-state index is 0.432. The van der Waals surface area contributed by atoms with Gasteiger partial charge in [0.2, 0.25) is 0 Å². The third-order valence-corrected chi connectivity index (χ3v) is 3.63. The third-order valence-electron chi connectivity index (χ3n) is 3.63. The van der Waals surface area contributed by atoms with Gasteiger partial charge in [-0.25, -0.2) is 0 Å². The van der Waals surface area contributed by atoms with E-state index >= 15 is 0 Å². The lowest BCUT2D eigenvalue weighted by Gasteiger charge is -2.15. The van der Waals surface area contributed by atoms with E-state index in [2.05, 4.69) is 34.3 Å². The number of benzene rings is 1. The van der Waals surface area contributed by atoms with E-state index in [1.54, 1.807) is 0 Å². The summed E-state index contributed by atoms with van der Waals surface area (Å²) in [6.45, 7) is 2.37. The Hall–Kier alpha value is -1.85. The van der Waals surface area contributed by atoms with Crippen molar-refractivity contribution in [1.82, 2.24) is 15.1 Å². The van der Waals surface area contributed by atoms with Gasteiger partial charge in [0.15, 0.2) is 0 Å². The Labute approximate surface area is 125 Å². The largest absolute Gasteiger partial charge is 0.490 e. The second-order valence-corrected chi connectivity index (χ2v) is 5.63. The zero-order valence-electron chi connectivity index (χ0n) is 12.4. The Morgan fingerprint density at radius 2 is 2.10 bits per heavy atom. The normalized spacial score (nSPS) is 14.6. The lowest BCUT2D eigenvalue weighted by atomic mass is 10.1. The van der Waals surface area contributed by atoms with Gasteiger partial charge in [-0.2, -0.15) is 5.10 Å². The molecule has 3 rings (SSSR count). The molecular formula is C16H22N4O. The van der Waals surface area contributed by atoms with Gasteiger partial charge in [-0.05, 0) is 44.2 Å². The highest BCUT2D eigenvalue weighted by Gasteiger charge is 2.23. The van der Waals surface area contributed by atoms with Crippen LogP contribution in [0.2, 0.25) is 0 Å². The number of rotatable bonds is 7. The number of ether oxygens (including phenoxy) is 1. The number of aromatic nitrogens is 2. The average Bonchev–Trinajstić information content (AvgIpc) is 3.17. The molecule has 112 valence electrons. The number of likely N-dealkylation sites (N-methyl/N-ethyl adjacent to an activating group) is 1. The predicted octanol–water partition coefficient (Wildman–Crippen LogP) is 2.01. The Kier molecular flexibility index (Phi) is 4.22. The molecule has 2 aromatic rings. The maximum atomic E-state index is 5.77. The fourth-order valence-electron chi connectivity index (χ4n) is 2.35. The number of hydrogen-bond acceptors (Lipinski definition) is 4. The zero-order valence-corrected chi connectivity index (χ0v) is 12.4. The molecule has 0 saturated heterocycles. The fraction of sp³-hybridized carbons (Fsp3) is 0.438. The first-order valence-corrected chi connectivity index (χ1v) is 7.44. The quantitative estimate of drug-likeness (QED) is 0.817. The second kappa shape index (κ2) is 6.28. The molecule has 0 atom stereocenters. The molecule has 0 amide bonds. The topological polar surface area (TPSA) is 67.2 Å². The molecule has 0 unspecified atom stereocenters. The molecule has 0 aliphatic heterocycles. The molecule has 1 heterocycles. The van der Waals surface area contributed by atoms with Crippen LogP contribution in [0.15, 0.2) is 30.5 Å². The van der Waals surface area contributed by atoms with Crippen molar-refractivity contribution in [2.45, 2.75) is 25.5 Å². The van der Waals surface area contributed by atoms with E-state index in [1.165, 1.54) is 18.4 Å². The highest BCUT2D eigenvalue weighted by molar-refractivity contribution is 5.63. The summed E-state index contributed by atoms with van der Waals surface area (Å²) in [5, 5.41) is 7.34. The van der Waals surface area contributed by atoms with E-state index in [1.807, 2.05) is 18.3 Å². The molecule has 1 aliphatic carbocycles. The van der Waals surface area contributed by atoms with Crippen LogP contribution < -0.4 is 10.5 Å². The smallest absolute Gasteiger partial charge is 0.119 e. The summed E-state index contributed by atoms with van der Waals surface area (Å²) >= 11 is 0. The van der Waals surface area contributed by atoms with Crippen molar-refractivity contribution in [2.24, 2.45) is 5.73 Å². The Balaban J connectivity index is 1.72. The summed E-state index contributed by atoms with van der Waals surface area (Å²) in [5.74, 6) is 0.943. The zero-order chi connectivity index (χ0) is 14.7. The van der Waals surface area contributed by atoms with E-state index in [-0.39, 0.29) is 0 Å². The van der Waals surface area contributed by atoms with Crippen LogP contribution in [-0.4, -0.2) is 41.3 Å². The van der Waals surface area contributed by atoms with Gasteiger partial charge in [0.05, 0.1) is 11.8 Å². The van der Waals surface area contributed by atoms with Gasteiger partial charge >= 0.3 is 0 Å². The van der Waals surface area contributed by atoms with Crippen molar-refractivity contribution >= 4 is 0 Å². The fourth-order valence-corrected chi connectivity index (χ4v) is 2.35. The average molecular weight is 286 g/mol. The first-order chi connectivity index (χ1) is 10.3. The third kappa shape index (κ3) is 3.62. The number of hydrogen-bond donors (Lipinski definition) is 2. The van der Waals surface area contributed by atoms with Gasteiger partial charge in [0.25, 0.3) is 0 Å². The molecule has 0 bridgehead atoms. The maximum Gasteiger partial charge on any atom is 0.119 e. The molecule has 1 aliphatic rings. The van der Waals surface area contributed by atoms with Crippen molar-refractivity contribution in [3.8, 4) is 17.0 Å². The predicted molar refractivity (Wildman–Crippen MR) is 83.1 cm³/mol. The monoisotopic (exact) mass is 286 g/mol. The molecule has 5 nitrogen and oxygen atoms in total. The van der Waals surface area contributed by atoms with Gasteiger partial charge in [-0.3, -0.25) is 5.10 Å². The maximum absolute atomic E-state index is 5.77. The molecule has 1 aromatic carbocycles.